The zero-order valence-electron chi connectivity index (χ0n) is 11.2. The second-order valence-electron chi connectivity index (χ2n) is 4.34. The summed E-state index contributed by atoms with van der Waals surface area (Å²) in [5.74, 6) is 1.02. The first kappa shape index (κ1) is 14.2. The van der Waals surface area contributed by atoms with Crippen molar-refractivity contribution in [3.05, 3.63) is 23.7 Å². The molecule has 0 atom stereocenters. The molecule has 98 valence electrons. The van der Waals surface area contributed by atoms with E-state index in [1.54, 1.807) is 13.4 Å². The summed E-state index contributed by atoms with van der Waals surface area (Å²) in [5.41, 5.74) is 1.27. The van der Waals surface area contributed by atoms with Crippen molar-refractivity contribution in [1.29, 1.82) is 0 Å². The smallest absolute Gasteiger partial charge is 0.105 e. The van der Waals surface area contributed by atoms with Crippen LogP contribution in [0.1, 0.15) is 17.7 Å². The second-order valence-corrected chi connectivity index (χ2v) is 4.34. The number of ether oxygens (including phenoxy) is 1. The lowest BCUT2D eigenvalue weighted by Gasteiger charge is -2.16. The van der Waals surface area contributed by atoms with Crippen molar-refractivity contribution < 1.29 is 9.15 Å². The summed E-state index contributed by atoms with van der Waals surface area (Å²) in [5, 5.41) is 3.40. The third-order valence-corrected chi connectivity index (χ3v) is 2.78. The summed E-state index contributed by atoms with van der Waals surface area (Å²) in [6, 6.07) is 2.04. The predicted molar refractivity (Wildman–Crippen MR) is 69.1 cm³/mol. The Morgan fingerprint density at radius 1 is 1.41 bits per heavy atom. The molecule has 4 nitrogen and oxygen atoms in total. The van der Waals surface area contributed by atoms with Crippen LogP contribution in [-0.4, -0.2) is 45.3 Å². The molecule has 0 aliphatic rings. The molecule has 17 heavy (non-hydrogen) atoms. The fourth-order valence-corrected chi connectivity index (χ4v) is 1.68. The van der Waals surface area contributed by atoms with E-state index in [1.165, 1.54) is 5.56 Å². The Kier molecular flexibility index (Phi) is 6.93. The Balaban J connectivity index is 2.05. The summed E-state index contributed by atoms with van der Waals surface area (Å²) in [7, 11) is 3.87. The van der Waals surface area contributed by atoms with E-state index >= 15 is 0 Å². The first-order valence-electron chi connectivity index (χ1n) is 6.15. The molecular weight excluding hydrogens is 216 g/mol. The molecule has 0 unspecified atom stereocenters. The maximum absolute atomic E-state index is 5.28. The molecule has 0 amide bonds. The molecule has 0 aliphatic carbocycles. The van der Waals surface area contributed by atoms with Crippen LogP contribution >= 0.6 is 0 Å². The van der Waals surface area contributed by atoms with Gasteiger partial charge in [-0.25, -0.2) is 0 Å². The molecule has 1 heterocycles. The Labute approximate surface area is 104 Å². The first-order chi connectivity index (χ1) is 8.24. The number of likely N-dealkylation sites (N-methyl/N-ethyl adjacent to an activating group) is 1. The minimum absolute atomic E-state index is 0.830. The van der Waals surface area contributed by atoms with Crippen LogP contribution in [0.2, 0.25) is 0 Å². The summed E-state index contributed by atoms with van der Waals surface area (Å²) in [6.07, 6.45) is 2.82. The molecule has 4 heteroatoms. The molecule has 0 spiro atoms. The standard InChI is InChI=1S/C13H24N2O2/c1-12-13(5-10-17-12)11-15(2)8-7-14-6-4-9-16-3/h5,10,14H,4,6-9,11H2,1-3H3. The molecule has 0 aliphatic heterocycles. The monoisotopic (exact) mass is 240 g/mol. The van der Waals surface area contributed by atoms with Gasteiger partial charge in [0.25, 0.3) is 0 Å². The molecule has 0 fully saturated rings. The van der Waals surface area contributed by atoms with Crippen LogP contribution in [0.4, 0.5) is 0 Å². The van der Waals surface area contributed by atoms with Gasteiger partial charge in [-0.2, -0.15) is 0 Å². The molecule has 0 radical (unpaired) electrons. The largest absolute Gasteiger partial charge is 0.469 e. The summed E-state index contributed by atoms with van der Waals surface area (Å²) in [4.78, 5) is 2.29. The van der Waals surface area contributed by atoms with Crippen molar-refractivity contribution in [2.24, 2.45) is 0 Å². The van der Waals surface area contributed by atoms with Crippen molar-refractivity contribution in [2.75, 3.05) is 40.4 Å². The van der Waals surface area contributed by atoms with Gasteiger partial charge in [0.2, 0.25) is 0 Å². The summed E-state index contributed by atoms with van der Waals surface area (Å²) < 4.78 is 10.3. The van der Waals surface area contributed by atoms with Gasteiger partial charge in [-0.1, -0.05) is 0 Å². The predicted octanol–water partition coefficient (Wildman–Crippen LogP) is 1.65. The molecule has 0 bridgehead atoms. The number of hydrogen-bond acceptors (Lipinski definition) is 4. The lowest BCUT2D eigenvalue weighted by molar-refractivity contribution is 0.194. The van der Waals surface area contributed by atoms with Gasteiger partial charge in [0.1, 0.15) is 5.76 Å². The highest BCUT2D eigenvalue weighted by Crippen LogP contribution is 2.10. The summed E-state index contributed by atoms with van der Waals surface area (Å²) in [6.45, 7) is 6.85. The van der Waals surface area contributed by atoms with Crippen molar-refractivity contribution >= 4 is 0 Å². The van der Waals surface area contributed by atoms with E-state index in [4.69, 9.17) is 9.15 Å². The number of rotatable bonds is 9. The molecule has 0 saturated heterocycles. The van der Waals surface area contributed by atoms with Crippen molar-refractivity contribution in [3.63, 3.8) is 0 Å². The number of furan rings is 1. The summed E-state index contributed by atoms with van der Waals surface area (Å²) >= 11 is 0. The average molecular weight is 240 g/mol. The van der Waals surface area contributed by atoms with Gasteiger partial charge < -0.3 is 19.4 Å². The van der Waals surface area contributed by atoms with E-state index in [9.17, 15) is 0 Å². The molecule has 1 aromatic rings. The Bertz CT molecular complexity index is 299. The zero-order chi connectivity index (χ0) is 12.5. The van der Waals surface area contributed by atoms with Crippen LogP contribution in [0, 0.1) is 6.92 Å². The number of nitrogens with one attached hydrogen (secondary N) is 1. The molecule has 0 aromatic carbocycles. The van der Waals surface area contributed by atoms with Gasteiger partial charge in [-0.15, -0.1) is 0 Å². The number of aryl methyl sites for hydroxylation is 1. The molecule has 1 rings (SSSR count). The van der Waals surface area contributed by atoms with Crippen molar-refractivity contribution in [2.45, 2.75) is 19.9 Å². The van der Waals surface area contributed by atoms with Gasteiger partial charge in [0, 0.05) is 38.9 Å². The SMILES string of the molecule is COCCCNCCN(C)Cc1ccoc1C. The van der Waals surface area contributed by atoms with Crippen LogP contribution < -0.4 is 5.32 Å². The van der Waals surface area contributed by atoms with Gasteiger partial charge in [0.05, 0.1) is 6.26 Å². The van der Waals surface area contributed by atoms with Crippen molar-refractivity contribution in [3.8, 4) is 0 Å². The highest BCUT2D eigenvalue weighted by atomic mass is 16.5. The first-order valence-corrected chi connectivity index (χ1v) is 6.15. The van der Waals surface area contributed by atoms with E-state index in [1.807, 2.05) is 13.0 Å². The number of nitrogens with zero attached hydrogens (tertiary/aromatic N) is 1. The lowest BCUT2D eigenvalue weighted by Crippen LogP contribution is -2.29. The third-order valence-electron chi connectivity index (χ3n) is 2.78. The minimum Gasteiger partial charge on any atom is -0.469 e. The van der Waals surface area contributed by atoms with Crippen LogP contribution in [0.5, 0.6) is 0 Å². The molecular formula is C13H24N2O2. The molecule has 0 saturated carbocycles. The highest BCUT2D eigenvalue weighted by molar-refractivity contribution is 5.14. The Hall–Kier alpha value is -0.840. The Morgan fingerprint density at radius 3 is 2.88 bits per heavy atom. The molecule has 1 N–H and O–H groups in total. The number of hydrogen-bond donors (Lipinski definition) is 1. The van der Waals surface area contributed by atoms with E-state index < -0.39 is 0 Å². The van der Waals surface area contributed by atoms with E-state index in [0.29, 0.717) is 0 Å². The normalized spacial score (nSPS) is 11.3. The lowest BCUT2D eigenvalue weighted by atomic mass is 10.2. The van der Waals surface area contributed by atoms with Gasteiger partial charge >= 0.3 is 0 Å². The van der Waals surface area contributed by atoms with E-state index in [-0.39, 0.29) is 0 Å². The van der Waals surface area contributed by atoms with Gasteiger partial charge in [-0.3, -0.25) is 0 Å². The fraction of sp³-hybridized carbons (Fsp3) is 0.692. The Morgan fingerprint density at radius 2 is 2.24 bits per heavy atom. The number of methoxy groups -OCH3 is 1. The average Bonchev–Trinajstić information content (AvgIpc) is 2.69. The van der Waals surface area contributed by atoms with Crippen molar-refractivity contribution in [1.82, 2.24) is 10.2 Å². The maximum Gasteiger partial charge on any atom is 0.105 e. The fourth-order valence-electron chi connectivity index (χ4n) is 1.68. The third kappa shape index (κ3) is 5.86. The maximum atomic E-state index is 5.28. The van der Waals surface area contributed by atoms with E-state index in [0.717, 1.165) is 45.0 Å². The topological polar surface area (TPSA) is 37.6 Å². The highest BCUT2D eigenvalue weighted by Gasteiger charge is 2.04. The zero-order valence-corrected chi connectivity index (χ0v) is 11.2. The second kappa shape index (κ2) is 8.28. The van der Waals surface area contributed by atoms with Crippen LogP contribution in [-0.2, 0) is 11.3 Å². The van der Waals surface area contributed by atoms with Crippen LogP contribution in [0.25, 0.3) is 0 Å². The van der Waals surface area contributed by atoms with Crippen LogP contribution in [0.15, 0.2) is 16.7 Å². The van der Waals surface area contributed by atoms with Gasteiger partial charge in [-0.05, 0) is 33.0 Å². The molecule has 1 aromatic heterocycles. The minimum atomic E-state index is 0.830. The quantitative estimate of drug-likeness (QED) is 0.666. The van der Waals surface area contributed by atoms with Crippen LogP contribution in [0.3, 0.4) is 0 Å². The van der Waals surface area contributed by atoms with E-state index in [2.05, 4.69) is 17.3 Å². The van der Waals surface area contributed by atoms with Gasteiger partial charge in [0.15, 0.2) is 0 Å².